The summed E-state index contributed by atoms with van der Waals surface area (Å²) >= 11 is 0. The molecule has 0 aliphatic rings. The lowest BCUT2D eigenvalue weighted by Crippen LogP contribution is -2.46. The maximum atomic E-state index is 10.8. The predicted molar refractivity (Wildman–Crippen MR) is 62.0 cm³/mol. The van der Waals surface area contributed by atoms with Gasteiger partial charge in [-0.3, -0.25) is 0 Å². The van der Waals surface area contributed by atoms with Crippen LogP contribution in [0.5, 0.6) is 0 Å². The molecule has 0 aromatic heterocycles. The topological polar surface area (TPSA) is 54.0 Å². The first-order valence-electron chi connectivity index (χ1n) is 5.07. The zero-order valence-corrected chi connectivity index (χ0v) is 11.3. The first-order chi connectivity index (χ1) is 7.49. The van der Waals surface area contributed by atoms with E-state index in [4.69, 9.17) is 18.0 Å². The highest BCUT2D eigenvalue weighted by Crippen LogP contribution is 2.16. The molecule has 0 radical (unpaired) electrons. The Kier molecular flexibility index (Phi) is 7.23. The molecule has 0 unspecified atom stereocenters. The number of carbonyl (C=O) groups is 1. The molecule has 0 fully saturated rings. The zero-order valence-electron chi connectivity index (χ0n) is 10.3. The second-order valence-corrected chi connectivity index (χ2v) is 6.30. The van der Waals surface area contributed by atoms with Crippen LogP contribution in [0.1, 0.15) is 13.8 Å². The van der Waals surface area contributed by atoms with E-state index in [1.54, 1.807) is 0 Å². The second-order valence-electron chi connectivity index (χ2n) is 3.38. The smallest absolute Gasteiger partial charge is 0.463 e. The number of rotatable bonds is 8. The second kappa shape index (κ2) is 7.56. The van der Waals surface area contributed by atoms with E-state index in [0.717, 1.165) is 6.08 Å². The van der Waals surface area contributed by atoms with Crippen molar-refractivity contribution in [2.75, 3.05) is 20.8 Å². The molecule has 0 aromatic rings. The number of ether oxygens (including phenoxy) is 1. The van der Waals surface area contributed by atoms with E-state index in [2.05, 4.69) is 6.58 Å². The van der Waals surface area contributed by atoms with Crippen LogP contribution in [0.2, 0.25) is 6.04 Å². The minimum Gasteiger partial charge on any atom is -0.463 e. The molecule has 0 rings (SSSR count). The van der Waals surface area contributed by atoms with Crippen LogP contribution in [0.15, 0.2) is 12.7 Å². The Balaban J connectivity index is 4.21. The van der Waals surface area contributed by atoms with Crippen molar-refractivity contribution in [1.29, 1.82) is 0 Å². The fraction of sp³-hybridized carbons (Fsp3) is 0.700. The average molecular weight is 248 g/mol. The van der Waals surface area contributed by atoms with Crippen LogP contribution in [0.4, 0.5) is 0 Å². The fourth-order valence-electron chi connectivity index (χ4n) is 1.14. The van der Waals surface area contributed by atoms with Gasteiger partial charge >= 0.3 is 14.8 Å². The lowest BCUT2D eigenvalue weighted by Gasteiger charge is -2.28. The van der Waals surface area contributed by atoms with Gasteiger partial charge in [-0.25, -0.2) is 4.79 Å². The maximum absolute atomic E-state index is 10.8. The van der Waals surface area contributed by atoms with Gasteiger partial charge in [0.2, 0.25) is 0 Å². The van der Waals surface area contributed by atoms with E-state index in [1.807, 2.05) is 13.8 Å². The van der Waals surface area contributed by atoms with E-state index in [-0.39, 0.29) is 12.7 Å². The molecule has 0 atom stereocenters. The van der Waals surface area contributed by atoms with E-state index in [9.17, 15) is 4.79 Å². The molecule has 0 bridgehead atoms. The van der Waals surface area contributed by atoms with Crippen molar-refractivity contribution in [3.05, 3.63) is 12.7 Å². The van der Waals surface area contributed by atoms with Crippen LogP contribution in [0.25, 0.3) is 0 Å². The first kappa shape index (κ1) is 15.3. The molecule has 5 nitrogen and oxygen atoms in total. The molecule has 0 aliphatic carbocycles. The molecular weight excluding hydrogens is 228 g/mol. The summed E-state index contributed by atoms with van der Waals surface area (Å²) in [6.45, 7) is 7.30. The number of hydrogen-bond donors (Lipinski definition) is 0. The molecular formula is C10H20O5Si. The average Bonchev–Trinajstić information content (AvgIpc) is 2.26. The Morgan fingerprint density at radius 1 is 1.38 bits per heavy atom. The Bertz CT molecular complexity index is 225. The highest BCUT2D eigenvalue weighted by atomic mass is 28.4. The molecule has 0 amide bonds. The quantitative estimate of drug-likeness (QED) is 0.369. The molecule has 0 saturated carbocycles. The summed E-state index contributed by atoms with van der Waals surface area (Å²) in [5, 5.41) is 0. The van der Waals surface area contributed by atoms with Gasteiger partial charge in [0.25, 0.3) is 0 Å². The Morgan fingerprint density at radius 3 is 2.31 bits per heavy atom. The fourth-order valence-corrected chi connectivity index (χ4v) is 3.09. The van der Waals surface area contributed by atoms with E-state index < -0.39 is 14.8 Å². The van der Waals surface area contributed by atoms with Crippen LogP contribution in [-0.4, -0.2) is 41.7 Å². The van der Waals surface area contributed by atoms with Crippen LogP contribution in [-0.2, 0) is 22.8 Å². The van der Waals surface area contributed by atoms with Crippen LogP contribution >= 0.6 is 0 Å². The van der Waals surface area contributed by atoms with Gasteiger partial charge in [-0.15, -0.1) is 0 Å². The molecule has 0 saturated heterocycles. The van der Waals surface area contributed by atoms with Crippen LogP contribution in [0.3, 0.4) is 0 Å². The van der Waals surface area contributed by atoms with Crippen LogP contribution in [0, 0.1) is 0 Å². The molecule has 94 valence electrons. The summed E-state index contributed by atoms with van der Waals surface area (Å²) in [6, 6.07) is 0.428. The highest BCUT2D eigenvalue weighted by molar-refractivity contribution is 6.60. The van der Waals surface area contributed by atoms with Crippen LogP contribution < -0.4 is 0 Å². The van der Waals surface area contributed by atoms with Gasteiger partial charge < -0.3 is 18.0 Å². The molecule has 16 heavy (non-hydrogen) atoms. The van der Waals surface area contributed by atoms with Gasteiger partial charge in [0.1, 0.15) is 0 Å². The van der Waals surface area contributed by atoms with Crippen molar-refractivity contribution in [2.24, 2.45) is 0 Å². The summed E-state index contributed by atoms with van der Waals surface area (Å²) < 4.78 is 21.1. The van der Waals surface area contributed by atoms with Crippen molar-refractivity contribution in [1.82, 2.24) is 0 Å². The molecule has 0 heterocycles. The molecule has 0 aromatic carbocycles. The van der Waals surface area contributed by atoms with E-state index >= 15 is 0 Å². The zero-order chi connectivity index (χ0) is 12.6. The summed E-state index contributed by atoms with van der Waals surface area (Å²) in [5.41, 5.74) is 0. The molecule has 0 N–H and O–H groups in total. The third-order valence-electron chi connectivity index (χ3n) is 1.86. The Labute approximate surface area is 97.7 Å². The number of hydrogen-bond acceptors (Lipinski definition) is 5. The van der Waals surface area contributed by atoms with Gasteiger partial charge in [0.15, 0.2) is 0 Å². The Hall–Kier alpha value is -0.693. The SMILES string of the molecule is C=CC(=O)OCC[Si](OC)(OC)OC(C)C. The monoisotopic (exact) mass is 248 g/mol. The summed E-state index contributed by atoms with van der Waals surface area (Å²) in [7, 11) is 0.373. The standard InChI is InChI=1S/C10H20O5Si/c1-6-10(11)14-7-8-16(12-4,13-5)15-9(2)3/h6,9H,1,7-8H2,2-5H3. The lowest BCUT2D eigenvalue weighted by molar-refractivity contribution is -0.137. The molecule has 6 heteroatoms. The maximum Gasteiger partial charge on any atom is 0.504 e. The normalized spacial score (nSPS) is 11.6. The minimum atomic E-state index is -2.70. The van der Waals surface area contributed by atoms with Crippen molar-refractivity contribution in [2.45, 2.75) is 26.0 Å². The summed E-state index contributed by atoms with van der Waals surface area (Å²) in [4.78, 5) is 10.8. The van der Waals surface area contributed by atoms with Gasteiger partial charge in [-0.2, -0.15) is 0 Å². The Morgan fingerprint density at radius 2 is 1.94 bits per heavy atom. The third-order valence-corrected chi connectivity index (χ3v) is 4.75. The van der Waals surface area contributed by atoms with Crippen molar-refractivity contribution >= 4 is 14.8 Å². The minimum absolute atomic E-state index is 0.00155. The van der Waals surface area contributed by atoms with Crippen molar-refractivity contribution in [3.63, 3.8) is 0 Å². The van der Waals surface area contributed by atoms with Gasteiger partial charge in [-0.05, 0) is 13.8 Å². The van der Waals surface area contributed by atoms with E-state index in [0.29, 0.717) is 6.04 Å². The number of carbonyl (C=O) groups excluding carboxylic acids is 1. The van der Waals surface area contributed by atoms with Crippen molar-refractivity contribution in [3.8, 4) is 0 Å². The highest BCUT2D eigenvalue weighted by Gasteiger charge is 2.40. The summed E-state index contributed by atoms with van der Waals surface area (Å²) in [6.07, 6.45) is 1.12. The van der Waals surface area contributed by atoms with Gasteiger partial charge in [0, 0.05) is 26.4 Å². The predicted octanol–water partition coefficient (Wildman–Crippen LogP) is 1.37. The summed E-state index contributed by atoms with van der Waals surface area (Å²) in [5.74, 6) is -0.459. The molecule has 0 spiro atoms. The van der Waals surface area contributed by atoms with Gasteiger partial charge in [-0.1, -0.05) is 6.58 Å². The van der Waals surface area contributed by atoms with E-state index in [1.165, 1.54) is 14.2 Å². The lowest BCUT2D eigenvalue weighted by atomic mass is 10.5. The number of esters is 1. The largest absolute Gasteiger partial charge is 0.504 e. The first-order valence-corrected chi connectivity index (χ1v) is 7.00. The van der Waals surface area contributed by atoms with Gasteiger partial charge in [0.05, 0.1) is 12.7 Å². The third kappa shape index (κ3) is 5.41. The molecule has 0 aliphatic heterocycles. The van der Waals surface area contributed by atoms with Crippen molar-refractivity contribution < 1.29 is 22.8 Å².